The number of imidazole rings is 1. The Kier molecular flexibility index (Phi) is 5.38. The Morgan fingerprint density at radius 3 is 2.69 bits per heavy atom. The number of para-hydroxylation sites is 2. The molecule has 2 aromatic carbocycles. The highest BCUT2D eigenvalue weighted by Gasteiger charge is 2.37. The number of rotatable bonds is 6. The van der Waals surface area contributed by atoms with E-state index in [4.69, 9.17) is 4.74 Å². The number of hydrogen-bond donors (Lipinski definition) is 1. The molecule has 1 unspecified atom stereocenters. The molecule has 1 atom stereocenters. The van der Waals surface area contributed by atoms with Crippen LogP contribution in [0.5, 0.6) is 0 Å². The second-order valence-corrected chi connectivity index (χ2v) is 8.96. The molecule has 3 aromatic rings. The van der Waals surface area contributed by atoms with Gasteiger partial charge >= 0.3 is 5.97 Å². The summed E-state index contributed by atoms with van der Waals surface area (Å²) in [6.07, 6.45) is 2.21. The molecule has 2 heterocycles. The molecule has 1 N–H and O–H groups in total. The van der Waals surface area contributed by atoms with E-state index in [9.17, 15) is 13.2 Å². The van der Waals surface area contributed by atoms with Gasteiger partial charge in [0.2, 0.25) is 10.0 Å². The zero-order valence-corrected chi connectivity index (χ0v) is 17.0. The minimum absolute atomic E-state index is 0.160. The van der Waals surface area contributed by atoms with Crippen LogP contribution in [-0.4, -0.2) is 41.8 Å². The van der Waals surface area contributed by atoms with Gasteiger partial charge in [-0.1, -0.05) is 19.1 Å². The van der Waals surface area contributed by atoms with Crippen molar-refractivity contribution in [2.75, 3.05) is 13.2 Å². The summed E-state index contributed by atoms with van der Waals surface area (Å²) in [5, 5.41) is 0. The van der Waals surface area contributed by atoms with E-state index in [2.05, 4.69) is 9.97 Å². The van der Waals surface area contributed by atoms with Crippen molar-refractivity contribution in [2.45, 2.75) is 37.1 Å². The summed E-state index contributed by atoms with van der Waals surface area (Å²) in [5.74, 6) is 0.212. The van der Waals surface area contributed by atoms with E-state index in [1.54, 1.807) is 0 Å². The summed E-state index contributed by atoms with van der Waals surface area (Å²) in [5.41, 5.74) is 2.05. The number of ether oxygens (including phenoxy) is 1. The van der Waals surface area contributed by atoms with Gasteiger partial charge in [-0.2, -0.15) is 4.31 Å². The normalized spacial score (nSPS) is 17.6. The van der Waals surface area contributed by atoms with Crippen LogP contribution >= 0.6 is 0 Å². The fraction of sp³-hybridized carbons (Fsp3) is 0.333. The number of H-pyrrole nitrogens is 1. The molecule has 29 heavy (non-hydrogen) atoms. The highest BCUT2D eigenvalue weighted by atomic mass is 32.2. The topological polar surface area (TPSA) is 92.4 Å². The number of carbonyl (C=O) groups is 1. The Morgan fingerprint density at radius 1 is 1.21 bits per heavy atom. The predicted octanol–water partition coefficient (Wildman–Crippen LogP) is 3.66. The highest BCUT2D eigenvalue weighted by Crippen LogP contribution is 2.36. The van der Waals surface area contributed by atoms with E-state index in [0.29, 0.717) is 31.0 Å². The molecule has 1 saturated heterocycles. The number of benzene rings is 2. The first-order chi connectivity index (χ1) is 14.0. The molecule has 0 spiro atoms. The summed E-state index contributed by atoms with van der Waals surface area (Å²) >= 11 is 0. The SMILES string of the molecule is CCCOC(=O)c1ccc(S(=O)(=O)N2CCCC2c2nc3ccccc3[nH]2)cc1. The molecule has 1 aliphatic heterocycles. The fourth-order valence-corrected chi connectivity index (χ4v) is 5.27. The average molecular weight is 413 g/mol. The van der Waals surface area contributed by atoms with Crippen LogP contribution in [-0.2, 0) is 14.8 Å². The molecule has 7 nitrogen and oxygen atoms in total. The van der Waals surface area contributed by atoms with Gasteiger partial charge in [0, 0.05) is 6.54 Å². The lowest BCUT2D eigenvalue weighted by Gasteiger charge is -2.22. The van der Waals surface area contributed by atoms with Crippen molar-refractivity contribution in [1.29, 1.82) is 0 Å². The molecule has 1 fully saturated rings. The zero-order valence-electron chi connectivity index (χ0n) is 16.2. The number of fused-ring (bicyclic) bond motifs is 1. The van der Waals surface area contributed by atoms with Gasteiger partial charge in [-0.3, -0.25) is 0 Å². The Hall–Kier alpha value is -2.71. The van der Waals surface area contributed by atoms with Crippen LogP contribution in [0, 0.1) is 0 Å². The Morgan fingerprint density at radius 2 is 1.97 bits per heavy atom. The number of nitrogens with one attached hydrogen (secondary N) is 1. The molecule has 1 aromatic heterocycles. The summed E-state index contributed by atoms with van der Waals surface area (Å²) in [4.78, 5) is 20.0. The van der Waals surface area contributed by atoms with E-state index >= 15 is 0 Å². The van der Waals surface area contributed by atoms with Crippen molar-refractivity contribution in [1.82, 2.24) is 14.3 Å². The van der Waals surface area contributed by atoms with Crippen LogP contribution in [0.4, 0.5) is 0 Å². The second-order valence-electron chi connectivity index (χ2n) is 7.07. The van der Waals surface area contributed by atoms with Crippen molar-refractivity contribution < 1.29 is 17.9 Å². The van der Waals surface area contributed by atoms with E-state index in [1.165, 1.54) is 28.6 Å². The van der Waals surface area contributed by atoms with Crippen LogP contribution in [0.15, 0.2) is 53.4 Å². The molecule has 0 saturated carbocycles. The maximum Gasteiger partial charge on any atom is 0.338 e. The molecular formula is C21H23N3O4S. The quantitative estimate of drug-likeness (QED) is 0.623. The standard InChI is InChI=1S/C21H23N3O4S/c1-2-14-28-21(25)15-9-11-16(12-10-15)29(26,27)24-13-5-8-19(24)20-22-17-6-3-4-7-18(17)23-20/h3-4,6-7,9-12,19H,2,5,8,13-14H2,1H3,(H,22,23). The average Bonchev–Trinajstić information content (AvgIpc) is 3.39. The maximum atomic E-state index is 13.3. The molecular weight excluding hydrogens is 390 g/mol. The van der Waals surface area contributed by atoms with Gasteiger partial charge in [0.05, 0.1) is 34.1 Å². The van der Waals surface area contributed by atoms with E-state index in [0.717, 1.165) is 23.9 Å². The molecule has 0 amide bonds. The fourth-order valence-electron chi connectivity index (χ4n) is 3.61. The number of esters is 1. The van der Waals surface area contributed by atoms with E-state index < -0.39 is 16.0 Å². The minimum atomic E-state index is -3.71. The zero-order chi connectivity index (χ0) is 20.4. The third kappa shape index (κ3) is 3.77. The first-order valence-corrected chi connectivity index (χ1v) is 11.2. The third-order valence-corrected chi connectivity index (χ3v) is 6.98. The molecule has 1 aliphatic rings. The van der Waals surface area contributed by atoms with Gasteiger partial charge in [0.25, 0.3) is 0 Å². The van der Waals surface area contributed by atoms with Crippen LogP contribution in [0.2, 0.25) is 0 Å². The Bertz CT molecular complexity index is 1090. The van der Waals surface area contributed by atoms with Crippen LogP contribution < -0.4 is 0 Å². The summed E-state index contributed by atoms with van der Waals surface area (Å²) in [6.45, 7) is 2.69. The molecule has 0 bridgehead atoms. The molecule has 0 radical (unpaired) electrons. The number of carbonyl (C=O) groups excluding carboxylic acids is 1. The lowest BCUT2D eigenvalue weighted by Crippen LogP contribution is -2.31. The number of aromatic amines is 1. The third-order valence-electron chi connectivity index (χ3n) is 5.06. The number of hydrogen-bond acceptors (Lipinski definition) is 5. The lowest BCUT2D eigenvalue weighted by atomic mass is 10.2. The number of aromatic nitrogens is 2. The smallest absolute Gasteiger partial charge is 0.338 e. The minimum Gasteiger partial charge on any atom is -0.462 e. The van der Waals surface area contributed by atoms with E-state index in [-0.39, 0.29) is 10.9 Å². The molecule has 152 valence electrons. The number of nitrogens with zero attached hydrogens (tertiary/aromatic N) is 2. The van der Waals surface area contributed by atoms with Crippen LogP contribution in [0.3, 0.4) is 0 Å². The van der Waals surface area contributed by atoms with Crippen molar-refractivity contribution in [2.24, 2.45) is 0 Å². The Balaban J connectivity index is 1.59. The van der Waals surface area contributed by atoms with Crippen LogP contribution in [0.25, 0.3) is 11.0 Å². The van der Waals surface area contributed by atoms with Crippen molar-refractivity contribution in [3.63, 3.8) is 0 Å². The molecule has 0 aliphatic carbocycles. The second kappa shape index (κ2) is 7.96. The summed E-state index contributed by atoms with van der Waals surface area (Å²) in [7, 11) is -3.71. The van der Waals surface area contributed by atoms with Crippen molar-refractivity contribution in [3.8, 4) is 0 Å². The van der Waals surface area contributed by atoms with Gasteiger partial charge in [-0.15, -0.1) is 0 Å². The van der Waals surface area contributed by atoms with Gasteiger partial charge in [0.15, 0.2) is 0 Å². The van der Waals surface area contributed by atoms with Crippen LogP contribution in [0.1, 0.15) is 48.4 Å². The molecule has 4 rings (SSSR count). The Labute approximate surface area is 169 Å². The summed E-state index contributed by atoms with van der Waals surface area (Å²) in [6, 6.07) is 13.2. The first-order valence-electron chi connectivity index (χ1n) is 9.74. The van der Waals surface area contributed by atoms with Crippen molar-refractivity contribution >= 4 is 27.0 Å². The van der Waals surface area contributed by atoms with Gasteiger partial charge in [-0.25, -0.2) is 18.2 Å². The van der Waals surface area contributed by atoms with Gasteiger partial charge < -0.3 is 9.72 Å². The number of sulfonamides is 1. The monoisotopic (exact) mass is 413 g/mol. The highest BCUT2D eigenvalue weighted by molar-refractivity contribution is 7.89. The largest absolute Gasteiger partial charge is 0.462 e. The van der Waals surface area contributed by atoms with E-state index in [1.807, 2.05) is 31.2 Å². The van der Waals surface area contributed by atoms with Gasteiger partial charge in [0.1, 0.15) is 5.82 Å². The van der Waals surface area contributed by atoms with Crippen molar-refractivity contribution in [3.05, 3.63) is 59.9 Å². The predicted molar refractivity (Wildman–Crippen MR) is 109 cm³/mol. The first kappa shape index (κ1) is 19.6. The molecule has 8 heteroatoms. The maximum absolute atomic E-state index is 13.3. The van der Waals surface area contributed by atoms with Gasteiger partial charge in [-0.05, 0) is 55.7 Å². The summed E-state index contributed by atoms with van der Waals surface area (Å²) < 4.78 is 33.1. The lowest BCUT2D eigenvalue weighted by molar-refractivity contribution is 0.0505.